The molecule has 3 heteroatoms. The summed E-state index contributed by atoms with van der Waals surface area (Å²) in [6, 6.07) is 9.70. The lowest BCUT2D eigenvalue weighted by Gasteiger charge is -2.25. The first kappa shape index (κ1) is 13.3. The van der Waals surface area contributed by atoms with Crippen molar-refractivity contribution >= 4 is 16.7 Å². The zero-order valence-electron chi connectivity index (χ0n) is 11.7. The highest BCUT2D eigenvalue weighted by atomic mass is 16.1. The third kappa shape index (κ3) is 3.05. The lowest BCUT2D eigenvalue weighted by Crippen LogP contribution is -2.31. The predicted molar refractivity (Wildman–Crippen MR) is 81.0 cm³/mol. The number of Topliss-reactive ketones (excluding diaryl/α,β-unsaturated/α-hetero) is 1. The third-order valence-corrected chi connectivity index (χ3v) is 4.03. The van der Waals surface area contributed by atoms with Gasteiger partial charge in [0.25, 0.3) is 0 Å². The summed E-state index contributed by atoms with van der Waals surface area (Å²) in [7, 11) is 0. The molecule has 0 unspecified atom stereocenters. The van der Waals surface area contributed by atoms with Crippen LogP contribution in [0.4, 0.5) is 0 Å². The number of hydrogen-bond donors (Lipinski definition) is 0. The van der Waals surface area contributed by atoms with E-state index < -0.39 is 0 Å². The topological polar surface area (TPSA) is 33.2 Å². The van der Waals surface area contributed by atoms with Crippen LogP contribution < -0.4 is 0 Å². The van der Waals surface area contributed by atoms with E-state index in [1.807, 2.05) is 30.3 Å². The molecule has 0 spiro atoms. The molecule has 0 bridgehead atoms. The normalized spacial score (nSPS) is 16.4. The average Bonchev–Trinajstić information content (AvgIpc) is 2.53. The molecule has 0 atom stereocenters. The molecule has 0 saturated carbocycles. The minimum absolute atomic E-state index is 0.237. The van der Waals surface area contributed by atoms with E-state index in [1.165, 1.54) is 19.3 Å². The molecular formula is C17H20N2O. The van der Waals surface area contributed by atoms with Crippen LogP contribution in [-0.2, 0) is 0 Å². The summed E-state index contributed by atoms with van der Waals surface area (Å²) in [6.07, 6.45) is 6.28. The summed E-state index contributed by atoms with van der Waals surface area (Å²) < 4.78 is 0. The van der Waals surface area contributed by atoms with Gasteiger partial charge in [0, 0.05) is 30.1 Å². The maximum atomic E-state index is 12.3. The first-order valence-corrected chi connectivity index (χ1v) is 7.43. The summed E-state index contributed by atoms with van der Waals surface area (Å²) in [5.41, 5.74) is 1.75. The first-order valence-electron chi connectivity index (χ1n) is 7.43. The fourth-order valence-electron chi connectivity index (χ4n) is 2.84. The number of fused-ring (bicyclic) bond motifs is 1. The molecule has 1 aliphatic heterocycles. The van der Waals surface area contributed by atoms with E-state index in [0.717, 1.165) is 36.1 Å². The van der Waals surface area contributed by atoms with E-state index in [0.29, 0.717) is 6.42 Å². The number of hydrogen-bond acceptors (Lipinski definition) is 3. The van der Waals surface area contributed by atoms with Gasteiger partial charge in [-0.1, -0.05) is 12.5 Å². The Kier molecular flexibility index (Phi) is 4.07. The number of benzene rings is 1. The van der Waals surface area contributed by atoms with Crippen LogP contribution in [0.15, 0.2) is 36.5 Å². The molecule has 0 aliphatic carbocycles. The number of aromatic nitrogens is 1. The second-order valence-electron chi connectivity index (χ2n) is 5.49. The number of piperidine rings is 1. The molecule has 1 saturated heterocycles. The molecule has 0 radical (unpaired) electrons. The van der Waals surface area contributed by atoms with Crippen molar-refractivity contribution in [2.45, 2.75) is 25.7 Å². The monoisotopic (exact) mass is 268 g/mol. The van der Waals surface area contributed by atoms with Crippen LogP contribution in [0, 0.1) is 0 Å². The van der Waals surface area contributed by atoms with Gasteiger partial charge < -0.3 is 4.90 Å². The summed E-state index contributed by atoms with van der Waals surface area (Å²) in [5, 5.41) is 1.04. The van der Waals surface area contributed by atoms with Crippen molar-refractivity contribution in [2.24, 2.45) is 0 Å². The minimum atomic E-state index is 0.237. The van der Waals surface area contributed by atoms with Crippen LogP contribution in [0.2, 0.25) is 0 Å². The van der Waals surface area contributed by atoms with Gasteiger partial charge in [-0.15, -0.1) is 0 Å². The number of nitrogens with zero attached hydrogens (tertiary/aromatic N) is 2. The van der Waals surface area contributed by atoms with Gasteiger partial charge in [-0.3, -0.25) is 9.78 Å². The molecule has 2 heterocycles. The van der Waals surface area contributed by atoms with Crippen molar-refractivity contribution < 1.29 is 4.79 Å². The van der Waals surface area contributed by atoms with E-state index in [9.17, 15) is 4.79 Å². The molecule has 1 fully saturated rings. The molecule has 20 heavy (non-hydrogen) atoms. The van der Waals surface area contributed by atoms with Crippen LogP contribution in [-0.4, -0.2) is 35.3 Å². The van der Waals surface area contributed by atoms with Crippen molar-refractivity contribution in [3.63, 3.8) is 0 Å². The van der Waals surface area contributed by atoms with Crippen LogP contribution in [0.1, 0.15) is 36.0 Å². The van der Waals surface area contributed by atoms with Gasteiger partial charge in [0.15, 0.2) is 5.78 Å². The number of rotatable bonds is 4. The van der Waals surface area contributed by atoms with Gasteiger partial charge >= 0.3 is 0 Å². The SMILES string of the molecule is O=C(CCN1CCCCC1)c1ccc2ncccc2c1. The summed E-state index contributed by atoms with van der Waals surface area (Å²) in [6.45, 7) is 3.19. The highest BCUT2D eigenvalue weighted by Crippen LogP contribution is 2.15. The maximum Gasteiger partial charge on any atom is 0.164 e. The summed E-state index contributed by atoms with van der Waals surface area (Å²) in [5.74, 6) is 0.237. The Labute approximate surface area is 119 Å². The van der Waals surface area contributed by atoms with Gasteiger partial charge in [0.2, 0.25) is 0 Å². The van der Waals surface area contributed by atoms with E-state index in [2.05, 4.69) is 9.88 Å². The second kappa shape index (κ2) is 6.14. The van der Waals surface area contributed by atoms with E-state index >= 15 is 0 Å². The molecule has 0 N–H and O–H groups in total. The van der Waals surface area contributed by atoms with Crippen molar-refractivity contribution in [1.29, 1.82) is 0 Å². The molecule has 0 amide bonds. The Balaban J connectivity index is 1.65. The lowest BCUT2D eigenvalue weighted by atomic mass is 10.0. The predicted octanol–water partition coefficient (Wildman–Crippen LogP) is 3.29. The van der Waals surface area contributed by atoms with Crippen LogP contribution in [0.5, 0.6) is 0 Å². The number of likely N-dealkylation sites (tertiary alicyclic amines) is 1. The Bertz CT molecular complexity index is 603. The van der Waals surface area contributed by atoms with Crippen LogP contribution >= 0.6 is 0 Å². The molecule has 1 aromatic heterocycles. The molecule has 1 aliphatic rings. The van der Waals surface area contributed by atoms with Crippen molar-refractivity contribution in [1.82, 2.24) is 9.88 Å². The number of ketones is 1. The Hall–Kier alpha value is -1.74. The quantitative estimate of drug-likeness (QED) is 0.798. The van der Waals surface area contributed by atoms with Gasteiger partial charge in [0.05, 0.1) is 5.52 Å². The first-order chi connectivity index (χ1) is 9.83. The Morgan fingerprint density at radius 1 is 1.15 bits per heavy atom. The fraction of sp³-hybridized carbons (Fsp3) is 0.412. The van der Waals surface area contributed by atoms with E-state index in [4.69, 9.17) is 0 Å². The van der Waals surface area contributed by atoms with E-state index in [-0.39, 0.29) is 5.78 Å². The lowest BCUT2D eigenvalue weighted by molar-refractivity contribution is 0.0959. The summed E-state index contributed by atoms with van der Waals surface area (Å²) >= 11 is 0. The molecule has 3 nitrogen and oxygen atoms in total. The standard InChI is InChI=1S/C17H20N2O/c20-17(8-12-19-10-2-1-3-11-19)15-6-7-16-14(13-15)5-4-9-18-16/h4-7,9,13H,1-3,8,10-12H2. The molecular weight excluding hydrogens is 248 g/mol. The maximum absolute atomic E-state index is 12.3. The van der Waals surface area contributed by atoms with Crippen molar-refractivity contribution in [2.75, 3.05) is 19.6 Å². The van der Waals surface area contributed by atoms with Gasteiger partial charge in [0.1, 0.15) is 0 Å². The van der Waals surface area contributed by atoms with Crippen LogP contribution in [0.3, 0.4) is 0 Å². The van der Waals surface area contributed by atoms with Crippen molar-refractivity contribution in [3.8, 4) is 0 Å². The highest BCUT2D eigenvalue weighted by molar-refractivity contribution is 5.99. The smallest absolute Gasteiger partial charge is 0.164 e. The largest absolute Gasteiger partial charge is 0.303 e. The fourth-order valence-corrected chi connectivity index (χ4v) is 2.84. The zero-order valence-corrected chi connectivity index (χ0v) is 11.7. The molecule has 104 valence electrons. The Morgan fingerprint density at radius 3 is 2.85 bits per heavy atom. The Morgan fingerprint density at radius 2 is 2.00 bits per heavy atom. The highest BCUT2D eigenvalue weighted by Gasteiger charge is 2.13. The molecule has 1 aromatic carbocycles. The van der Waals surface area contributed by atoms with Gasteiger partial charge in [-0.25, -0.2) is 0 Å². The van der Waals surface area contributed by atoms with Gasteiger partial charge in [-0.05, 0) is 50.2 Å². The van der Waals surface area contributed by atoms with Gasteiger partial charge in [-0.2, -0.15) is 0 Å². The minimum Gasteiger partial charge on any atom is -0.303 e. The third-order valence-electron chi connectivity index (χ3n) is 4.03. The molecule has 3 rings (SSSR count). The van der Waals surface area contributed by atoms with Crippen molar-refractivity contribution in [3.05, 3.63) is 42.1 Å². The second-order valence-corrected chi connectivity index (χ2v) is 5.49. The van der Waals surface area contributed by atoms with Crippen LogP contribution in [0.25, 0.3) is 10.9 Å². The molecule has 2 aromatic rings. The van der Waals surface area contributed by atoms with E-state index in [1.54, 1.807) is 6.20 Å². The zero-order chi connectivity index (χ0) is 13.8. The average molecular weight is 268 g/mol. The number of carbonyl (C=O) groups is 1. The number of pyridine rings is 1. The summed E-state index contributed by atoms with van der Waals surface area (Å²) in [4.78, 5) is 19.0. The number of carbonyl (C=O) groups excluding carboxylic acids is 1.